The van der Waals surface area contributed by atoms with Crippen LogP contribution in [-0.4, -0.2) is 37.7 Å². The summed E-state index contributed by atoms with van der Waals surface area (Å²) in [6, 6.07) is 15.5. The van der Waals surface area contributed by atoms with Gasteiger partial charge in [0.2, 0.25) is 0 Å². The molecule has 0 atom stereocenters. The molecule has 5 rings (SSSR count). The number of aromatic carboxylic acids is 1. The van der Waals surface area contributed by atoms with Crippen LogP contribution in [0, 0.1) is 0 Å². The molecule has 33 heavy (non-hydrogen) atoms. The lowest BCUT2D eigenvalue weighted by Gasteiger charge is -2.23. The van der Waals surface area contributed by atoms with Gasteiger partial charge < -0.3 is 10.4 Å². The van der Waals surface area contributed by atoms with E-state index in [1.165, 1.54) is 32.1 Å². The lowest BCUT2D eigenvalue weighted by atomic mass is 9.95. The van der Waals surface area contributed by atoms with Crippen LogP contribution in [0.2, 0.25) is 0 Å². The molecule has 1 fully saturated rings. The van der Waals surface area contributed by atoms with Gasteiger partial charge in [-0.05, 0) is 57.0 Å². The first kappa shape index (κ1) is 21.1. The number of aromatic nitrogens is 3. The predicted molar refractivity (Wildman–Crippen MR) is 130 cm³/mol. The maximum absolute atomic E-state index is 11.6. The topological polar surface area (TPSA) is 92.4 Å². The Bertz CT molecular complexity index is 1260. The smallest absolute Gasteiger partial charge is 0.336 e. The molecule has 2 heterocycles. The standard InChI is InChI=1S/C26H27N5O2/c1-16-17(2)25-29-23(21-10-6-7-11-22(21)26(32)33)30-31(25)24(16)28-20-14-12-19(13-15-20)27-18-8-4-3-5-9-18/h6-7,10-15,18,27H,3-5,8-9H2,1-2H3,(H,32,33). The van der Waals surface area contributed by atoms with Crippen molar-refractivity contribution in [1.29, 1.82) is 0 Å². The Kier molecular flexibility index (Phi) is 5.54. The molecule has 2 aromatic carbocycles. The van der Waals surface area contributed by atoms with Gasteiger partial charge in [-0.1, -0.05) is 37.5 Å². The summed E-state index contributed by atoms with van der Waals surface area (Å²) < 4.78 is 1.72. The number of nitrogens with one attached hydrogen (secondary N) is 1. The fraction of sp³-hybridized carbons (Fsp3) is 0.308. The summed E-state index contributed by atoms with van der Waals surface area (Å²) in [6.07, 6.45) is 6.40. The zero-order valence-electron chi connectivity index (χ0n) is 18.9. The van der Waals surface area contributed by atoms with Crippen molar-refractivity contribution in [2.24, 2.45) is 4.99 Å². The minimum Gasteiger partial charge on any atom is -0.478 e. The number of hydrogen-bond donors (Lipinski definition) is 2. The summed E-state index contributed by atoms with van der Waals surface area (Å²) in [6.45, 7) is 4.00. The van der Waals surface area contributed by atoms with E-state index >= 15 is 0 Å². The highest BCUT2D eigenvalue weighted by molar-refractivity contribution is 6.11. The van der Waals surface area contributed by atoms with E-state index in [1.54, 1.807) is 28.9 Å². The molecule has 0 unspecified atom stereocenters. The van der Waals surface area contributed by atoms with Gasteiger partial charge in [-0.3, -0.25) is 0 Å². The first-order valence-corrected chi connectivity index (χ1v) is 11.4. The first-order valence-electron chi connectivity index (χ1n) is 11.4. The fourth-order valence-electron chi connectivity index (χ4n) is 4.54. The molecule has 7 heteroatoms. The number of hydrogen-bond acceptors (Lipinski definition) is 5. The second-order valence-electron chi connectivity index (χ2n) is 8.73. The van der Waals surface area contributed by atoms with Gasteiger partial charge in [-0.15, -0.1) is 5.10 Å². The molecule has 0 bridgehead atoms. The number of benzene rings is 2. The highest BCUT2D eigenvalue weighted by atomic mass is 16.4. The Hall–Kier alpha value is -3.74. The Labute approximate surface area is 192 Å². The van der Waals surface area contributed by atoms with Gasteiger partial charge in [0.05, 0.1) is 11.3 Å². The summed E-state index contributed by atoms with van der Waals surface area (Å²) in [5, 5.41) is 17.8. The number of nitrogens with zero attached hydrogens (tertiary/aromatic N) is 4. The van der Waals surface area contributed by atoms with Crippen molar-refractivity contribution in [2.75, 3.05) is 5.32 Å². The maximum atomic E-state index is 11.6. The molecule has 0 amide bonds. The molecule has 0 radical (unpaired) electrons. The lowest BCUT2D eigenvalue weighted by Crippen LogP contribution is -2.21. The van der Waals surface area contributed by atoms with E-state index in [9.17, 15) is 9.90 Å². The number of carboxylic acids is 1. The van der Waals surface area contributed by atoms with Crippen LogP contribution in [0.15, 0.2) is 59.1 Å². The number of allylic oxidation sites excluding steroid dienone is 2. The zero-order chi connectivity index (χ0) is 22.9. The minimum absolute atomic E-state index is 0.180. The van der Waals surface area contributed by atoms with Gasteiger partial charge in [0, 0.05) is 28.4 Å². The van der Waals surface area contributed by atoms with Crippen LogP contribution in [0.3, 0.4) is 0 Å². The number of anilines is 1. The highest BCUT2D eigenvalue weighted by Crippen LogP contribution is 2.31. The van der Waals surface area contributed by atoms with Crippen LogP contribution >= 0.6 is 0 Å². The monoisotopic (exact) mass is 441 g/mol. The van der Waals surface area contributed by atoms with E-state index in [0.29, 0.717) is 29.1 Å². The van der Waals surface area contributed by atoms with Crippen LogP contribution < -0.4 is 5.32 Å². The van der Waals surface area contributed by atoms with Gasteiger partial charge >= 0.3 is 5.97 Å². The van der Waals surface area contributed by atoms with E-state index < -0.39 is 5.97 Å². The average molecular weight is 442 g/mol. The fourth-order valence-corrected chi connectivity index (χ4v) is 4.54. The Morgan fingerprint density at radius 2 is 1.76 bits per heavy atom. The molecule has 2 aliphatic rings. The summed E-state index contributed by atoms with van der Waals surface area (Å²) in [5.74, 6) is 0.786. The molecule has 0 spiro atoms. The van der Waals surface area contributed by atoms with E-state index in [1.807, 2.05) is 26.0 Å². The zero-order valence-corrected chi connectivity index (χ0v) is 18.9. The van der Waals surface area contributed by atoms with Gasteiger partial charge in [0.25, 0.3) is 0 Å². The number of rotatable bonds is 5. The van der Waals surface area contributed by atoms with Gasteiger partial charge in [0.15, 0.2) is 17.5 Å². The normalized spacial score (nSPS) is 17.5. The summed E-state index contributed by atoms with van der Waals surface area (Å²) in [7, 11) is 0. The third-order valence-electron chi connectivity index (χ3n) is 6.52. The molecule has 1 aliphatic heterocycles. The largest absolute Gasteiger partial charge is 0.478 e. The van der Waals surface area contributed by atoms with Crippen LogP contribution in [0.1, 0.15) is 62.1 Å². The number of carboxylic acid groups (broad SMARTS) is 1. The van der Waals surface area contributed by atoms with Crippen LogP contribution in [-0.2, 0) is 0 Å². The van der Waals surface area contributed by atoms with Gasteiger partial charge in [-0.2, -0.15) is 4.68 Å². The van der Waals surface area contributed by atoms with Crippen molar-refractivity contribution in [3.8, 4) is 11.4 Å². The van der Waals surface area contributed by atoms with Crippen LogP contribution in [0.4, 0.5) is 11.4 Å². The van der Waals surface area contributed by atoms with Gasteiger partial charge in [-0.25, -0.2) is 14.8 Å². The quantitative estimate of drug-likeness (QED) is 0.524. The average Bonchev–Trinajstić information content (AvgIpc) is 3.36. The van der Waals surface area contributed by atoms with Crippen LogP contribution in [0.25, 0.3) is 17.0 Å². The predicted octanol–water partition coefficient (Wildman–Crippen LogP) is 5.77. The summed E-state index contributed by atoms with van der Waals surface area (Å²) in [5.41, 5.74) is 4.62. The maximum Gasteiger partial charge on any atom is 0.336 e. The Morgan fingerprint density at radius 1 is 1.03 bits per heavy atom. The SMILES string of the molecule is CC1=C(C)c2nc(-c3ccccc3C(=O)O)nn2C1=Nc1ccc(NC2CCCCC2)cc1. The molecule has 7 nitrogen and oxygen atoms in total. The first-order chi connectivity index (χ1) is 16.0. The third kappa shape index (κ3) is 4.06. The molecular formula is C26H27N5O2. The lowest BCUT2D eigenvalue weighted by molar-refractivity contribution is 0.0697. The molecule has 2 N–H and O–H groups in total. The molecular weight excluding hydrogens is 414 g/mol. The number of aliphatic imine (C=N–C) groups is 1. The molecule has 1 aliphatic carbocycles. The van der Waals surface area contributed by atoms with Crippen molar-refractivity contribution in [3.63, 3.8) is 0 Å². The van der Waals surface area contributed by atoms with E-state index in [0.717, 1.165) is 22.5 Å². The molecule has 1 saturated carbocycles. The van der Waals surface area contributed by atoms with Crippen molar-refractivity contribution < 1.29 is 9.90 Å². The highest BCUT2D eigenvalue weighted by Gasteiger charge is 2.28. The molecule has 3 aromatic rings. The van der Waals surface area contributed by atoms with Crippen molar-refractivity contribution in [1.82, 2.24) is 14.8 Å². The van der Waals surface area contributed by atoms with Crippen molar-refractivity contribution in [3.05, 3.63) is 65.5 Å². The van der Waals surface area contributed by atoms with E-state index in [2.05, 4.69) is 27.5 Å². The Balaban J connectivity index is 1.44. The molecule has 0 saturated heterocycles. The van der Waals surface area contributed by atoms with E-state index in [-0.39, 0.29) is 5.56 Å². The van der Waals surface area contributed by atoms with Gasteiger partial charge in [0.1, 0.15) is 0 Å². The third-order valence-corrected chi connectivity index (χ3v) is 6.52. The van der Waals surface area contributed by atoms with Crippen molar-refractivity contribution in [2.45, 2.75) is 52.0 Å². The minimum atomic E-state index is -1.00. The molecule has 1 aromatic heterocycles. The van der Waals surface area contributed by atoms with Crippen molar-refractivity contribution >= 4 is 28.8 Å². The Morgan fingerprint density at radius 3 is 2.48 bits per heavy atom. The number of fused-ring (bicyclic) bond motifs is 1. The molecule has 168 valence electrons. The number of carbonyl (C=O) groups is 1. The summed E-state index contributed by atoms with van der Waals surface area (Å²) >= 11 is 0. The summed E-state index contributed by atoms with van der Waals surface area (Å²) in [4.78, 5) is 21.1. The second-order valence-corrected chi connectivity index (χ2v) is 8.73. The van der Waals surface area contributed by atoms with Crippen LogP contribution in [0.5, 0.6) is 0 Å². The second kappa shape index (κ2) is 8.65. The van der Waals surface area contributed by atoms with E-state index in [4.69, 9.17) is 4.99 Å².